The summed E-state index contributed by atoms with van der Waals surface area (Å²) in [4.78, 5) is 12.3. The van der Waals surface area contributed by atoms with Crippen molar-refractivity contribution in [2.75, 3.05) is 26.5 Å². The molecule has 1 aromatic rings. The Kier molecular flexibility index (Phi) is 6.88. The number of carbonyl (C=O) groups is 1. The van der Waals surface area contributed by atoms with Gasteiger partial charge in [0, 0.05) is 30.3 Å². The molecule has 0 aromatic heterocycles. The fraction of sp³-hybridized carbons (Fsp3) is 0.611. The molecular weight excluding hydrogens is 356 g/mol. The molecule has 1 amide bonds. The summed E-state index contributed by atoms with van der Waals surface area (Å²) in [5.74, 6) is 0.516. The molecule has 1 aliphatic rings. The summed E-state index contributed by atoms with van der Waals surface area (Å²) in [7, 11) is -0.408. The number of nitrogens with zero attached hydrogens (tertiary/aromatic N) is 1. The second-order valence-corrected chi connectivity index (χ2v) is 8.63. The summed E-state index contributed by atoms with van der Waals surface area (Å²) in [5.41, 5.74) is 0.360. The van der Waals surface area contributed by atoms with E-state index in [1.165, 1.54) is 14.2 Å². The highest BCUT2D eigenvalue weighted by atomic mass is 32.2. The topological polar surface area (TPSA) is 84.9 Å². The molecule has 0 bridgehead atoms. The predicted octanol–water partition coefficient (Wildman–Crippen LogP) is 2.03. The summed E-state index contributed by atoms with van der Waals surface area (Å²) < 4.78 is 37.2. The number of carbonyl (C=O) groups excluding carboxylic acids is 1. The zero-order valence-corrected chi connectivity index (χ0v) is 16.6. The third-order valence-corrected chi connectivity index (χ3v) is 6.78. The quantitative estimate of drug-likeness (QED) is 0.777. The van der Waals surface area contributed by atoms with E-state index in [1.54, 1.807) is 22.5 Å². The standard InChI is InChI=1S/C18H28N2O5S/c1-13-6-5-7-14(2)20(13)26(22,23)9-8-19-18(21)15-10-16(24-3)12-17(11-15)25-4/h10-14H,5-9H2,1-4H3,(H,19,21)/t13-,14+. The van der Waals surface area contributed by atoms with E-state index in [2.05, 4.69) is 5.32 Å². The highest BCUT2D eigenvalue weighted by Crippen LogP contribution is 2.26. The van der Waals surface area contributed by atoms with Crippen LogP contribution in [-0.4, -0.2) is 57.2 Å². The van der Waals surface area contributed by atoms with Crippen molar-refractivity contribution < 1.29 is 22.7 Å². The van der Waals surface area contributed by atoms with E-state index in [0.29, 0.717) is 17.1 Å². The number of ether oxygens (including phenoxy) is 2. The smallest absolute Gasteiger partial charge is 0.251 e. The van der Waals surface area contributed by atoms with Crippen LogP contribution in [-0.2, 0) is 10.0 Å². The molecule has 146 valence electrons. The number of piperidine rings is 1. The minimum absolute atomic E-state index is 0.00194. The molecule has 0 unspecified atom stereocenters. The monoisotopic (exact) mass is 384 g/mol. The zero-order chi connectivity index (χ0) is 19.3. The first-order valence-corrected chi connectivity index (χ1v) is 10.4. The van der Waals surface area contributed by atoms with Crippen molar-refractivity contribution in [2.24, 2.45) is 0 Å². The first-order chi connectivity index (χ1) is 12.3. The molecule has 1 aromatic carbocycles. The molecule has 2 rings (SSSR count). The van der Waals surface area contributed by atoms with Crippen molar-refractivity contribution in [3.05, 3.63) is 23.8 Å². The number of methoxy groups -OCH3 is 2. The number of amides is 1. The maximum atomic E-state index is 12.7. The molecule has 2 atom stereocenters. The van der Waals surface area contributed by atoms with Crippen LogP contribution < -0.4 is 14.8 Å². The van der Waals surface area contributed by atoms with Crippen LogP contribution in [0, 0.1) is 0 Å². The molecule has 1 aliphatic heterocycles. The van der Waals surface area contributed by atoms with E-state index in [-0.39, 0.29) is 30.3 Å². The van der Waals surface area contributed by atoms with Crippen LogP contribution >= 0.6 is 0 Å². The number of hydrogen-bond acceptors (Lipinski definition) is 5. The second kappa shape index (κ2) is 8.73. The Labute approximate surface area is 155 Å². The number of hydrogen-bond donors (Lipinski definition) is 1. The average molecular weight is 384 g/mol. The van der Waals surface area contributed by atoms with Crippen LogP contribution in [0.5, 0.6) is 11.5 Å². The van der Waals surface area contributed by atoms with Crippen LogP contribution in [0.3, 0.4) is 0 Å². The van der Waals surface area contributed by atoms with Gasteiger partial charge in [-0.15, -0.1) is 0 Å². The fourth-order valence-electron chi connectivity index (χ4n) is 3.39. The normalized spacial score (nSPS) is 21.2. The summed E-state index contributed by atoms with van der Waals surface area (Å²) in [5, 5.41) is 2.67. The van der Waals surface area contributed by atoms with E-state index in [0.717, 1.165) is 19.3 Å². The Hall–Kier alpha value is -1.80. The SMILES string of the molecule is COc1cc(OC)cc(C(=O)NCCS(=O)(=O)N2[C@H](C)CCC[C@@H]2C)c1. The molecule has 1 N–H and O–H groups in total. The van der Waals surface area contributed by atoms with Crippen LogP contribution in [0.1, 0.15) is 43.5 Å². The van der Waals surface area contributed by atoms with Gasteiger partial charge in [-0.3, -0.25) is 4.79 Å². The van der Waals surface area contributed by atoms with Gasteiger partial charge in [-0.05, 0) is 38.8 Å². The Balaban J connectivity index is 1.99. The van der Waals surface area contributed by atoms with Crippen molar-refractivity contribution in [3.8, 4) is 11.5 Å². The zero-order valence-electron chi connectivity index (χ0n) is 15.8. The van der Waals surface area contributed by atoms with Crippen LogP contribution in [0.4, 0.5) is 0 Å². The summed E-state index contributed by atoms with van der Waals surface area (Å²) in [6.45, 7) is 3.93. The molecule has 0 saturated carbocycles. The number of sulfonamides is 1. The number of nitrogens with one attached hydrogen (secondary N) is 1. The van der Waals surface area contributed by atoms with E-state index in [9.17, 15) is 13.2 Å². The third-order valence-electron chi connectivity index (χ3n) is 4.69. The minimum Gasteiger partial charge on any atom is -0.497 e. The van der Waals surface area contributed by atoms with E-state index >= 15 is 0 Å². The van der Waals surface area contributed by atoms with Crippen LogP contribution in [0.25, 0.3) is 0 Å². The van der Waals surface area contributed by atoms with E-state index in [4.69, 9.17) is 9.47 Å². The predicted molar refractivity (Wildman–Crippen MR) is 100 cm³/mol. The molecule has 0 aliphatic carbocycles. The van der Waals surface area contributed by atoms with Gasteiger partial charge in [0.15, 0.2) is 0 Å². The number of benzene rings is 1. The lowest BCUT2D eigenvalue weighted by Gasteiger charge is -2.37. The van der Waals surface area contributed by atoms with Crippen molar-refractivity contribution in [3.63, 3.8) is 0 Å². The van der Waals surface area contributed by atoms with Gasteiger partial charge in [0.05, 0.1) is 20.0 Å². The highest BCUT2D eigenvalue weighted by Gasteiger charge is 2.34. The Morgan fingerprint density at radius 3 is 2.15 bits per heavy atom. The van der Waals surface area contributed by atoms with E-state index in [1.807, 2.05) is 13.8 Å². The summed E-state index contributed by atoms with van der Waals surface area (Å²) in [6, 6.07) is 4.84. The van der Waals surface area contributed by atoms with E-state index < -0.39 is 10.0 Å². The first-order valence-electron chi connectivity index (χ1n) is 8.81. The average Bonchev–Trinajstić information content (AvgIpc) is 2.60. The van der Waals surface area contributed by atoms with Crippen LogP contribution in [0.15, 0.2) is 18.2 Å². The molecule has 26 heavy (non-hydrogen) atoms. The highest BCUT2D eigenvalue weighted by molar-refractivity contribution is 7.89. The second-order valence-electron chi connectivity index (χ2n) is 6.63. The Bertz CT molecular complexity index is 703. The maximum Gasteiger partial charge on any atom is 0.251 e. The number of rotatable bonds is 7. The van der Waals surface area contributed by atoms with Gasteiger partial charge in [-0.1, -0.05) is 6.42 Å². The minimum atomic E-state index is -3.42. The lowest BCUT2D eigenvalue weighted by Crippen LogP contribution is -2.49. The van der Waals surface area contributed by atoms with Crippen molar-refractivity contribution >= 4 is 15.9 Å². The van der Waals surface area contributed by atoms with Crippen molar-refractivity contribution in [2.45, 2.75) is 45.2 Å². The van der Waals surface area contributed by atoms with Crippen molar-refractivity contribution in [1.82, 2.24) is 9.62 Å². The summed E-state index contributed by atoms with van der Waals surface area (Å²) in [6.07, 6.45) is 2.79. The maximum absolute atomic E-state index is 12.7. The molecule has 0 spiro atoms. The molecule has 7 nitrogen and oxygen atoms in total. The van der Waals surface area contributed by atoms with Crippen LogP contribution in [0.2, 0.25) is 0 Å². The van der Waals surface area contributed by atoms with Crippen molar-refractivity contribution in [1.29, 1.82) is 0 Å². The molecule has 1 heterocycles. The fourth-order valence-corrected chi connectivity index (χ4v) is 5.26. The first kappa shape index (κ1) is 20.5. The molecule has 1 saturated heterocycles. The Morgan fingerprint density at radius 2 is 1.65 bits per heavy atom. The molecule has 8 heteroatoms. The lowest BCUT2D eigenvalue weighted by molar-refractivity contribution is 0.0955. The lowest BCUT2D eigenvalue weighted by atomic mass is 10.0. The molecule has 0 radical (unpaired) electrons. The largest absolute Gasteiger partial charge is 0.497 e. The van der Waals surface area contributed by atoms with Gasteiger partial charge in [-0.25, -0.2) is 8.42 Å². The summed E-state index contributed by atoms with van der Waals surface area (Å²) >= 11 is 0. The van der Waals surface area contributed by atoms with Gasteiger partial charge in [0.25, 0.3) is 5.91 Å². The van der Waals surface area contributed by atoms with Gasteiger partial charge < -0.3 is 14.8 Å². The van der Waals surface area contributed by atoms with Gasteiger partial charge in [-0.2, -0.15) is 4.31 Å². The molecular formula is C18H28N2O5S. The third kappa shape index (κ3) is 4.88. The molecule has 1 fully saturated rings. The Morgan fingerprint density at radius 1 is 1.12 bits per heavy atom. The van der Waals surface area contributed by atoms with Gasteiger partial charge >= 0.3 is 0 Å². The van der Waals surface area contributed by atoms with Gasteiger partial charge in [0.1, 0.15) is 11.5 Å². The van der Waals surface area contributed by atoms with Gasteiger partial charge in [0.2, 0.25) is 10.0 Å².